The van der Waals surface area contributed by atoms with Crippen LogP contribution < -0.4 is 27.8 Å². The number of ether oxygens (including phenoxy) is 1. The standard InChI is InChI=1S/C26H36N12O5S/c1-26(2)19(31-16-20(34-26)32-25(28)33-22(16)41)23(42)35-37-7-5-36(6-8-37)9-10-44-11-14-17(39)18(40)24(43-14)38-12-30-15-13(27)3-4-29-21(15)38/h3-4,12,14,17-18,24,39-40H,5-11H2,1-2H3,(H2,27,29)(H,35,42)(H4,28,32,33,34,41)/t14-,17?,18+,24-/m1/s1. The van der Waals surface area contributed by atoms with Crippen molar-refractivity contribution in [3.63, 3.8) is 0 Å². The van der Waals surface area contributed by atoms with Gasteiger partial charge in [-0.2, -0.15) is 16.7 Å². The molecule has 17 nitrogen and oxygen atoms in total. The van der Waals surface area contributed by atoms with Crippen LogP contribution in [-0.4, -0.2) is 124 Å². The van der Waals surface area contributed by atoms with Crippen LogP contribution in [0, 0.1) is 0 Å². The van der Waals surface area contributed by atoms with Gasteiger partial charge >= 0.3 is 0 Å². The van der Waals surface area contributed by atoms with Crippen LogP contribution in [0.15, 0.2) is 28.4 Å². The molecule has 3 aromatic rings. The summed E-state index contributed by atoms with van der Waals surface area (Å²) in [5.74, 6) is 1.12. The molecule has 3 aromatic heterocycles. The molecule has 6 rings (SSSR count). The molecule has 1 amide bonds. The number of rotatable bonds is 8. The van der Waals surface area contributed by atoms with Gasteiger partial charge in [-0.25, -0.2) is 20.0 Å². The fourth-order valence-electron chi connectivity index (χ4n) is 5.53. The maximum Gasteiger partial charge on any atom is 0.282 e. The molecule has 0 spiro atoms. The van der Waals surface area contributed by atoms with E-state index in [4.69, 9.17) is 16.2 Å². The van der Waals surface area contributed by atoms with Crippen LogP contribution >= 0.6 is 11.8 Å². The third-order valence-electron chi connectivity index (χ3n) is 7.94. The molecule has 2 saturated heterocycles. The van der Waals surface area contributed by atoms with E-state index in [1.165, 1.54) is 6.33 Å². The molecule has 3 aliphatic heterocycles. The second-order valence-electron chi connectivity index (χ2n) is 11.5. The first-order valence-corrected chi connectivity index (χ1v) is 15.4. The molecule has 44 heavy (non-hydrogen) atoms. The smallest absolute Gasteiger partial charge is 0.282 e. The van der Waals surface area contributed by atoms with E-state index in [2.05, 4.69) is 40.6 Å². The molecule has 4 atom stereocenters. The Labute approximate surface area is 256 Å². The average molecular weight is 629 g/mol. The van der Waals surface area contributed by atoms with Crippen molar-refractivity contribution >= 4 is 57.7 Å². The van der Waals surface area contributed by atoms with Crippen LogP contribution in [0.3, 0.4) is 0 Å². The number of aliphatic hydroxyl groups excluding tert-OH is 2. The Balaban J connectivity index is 0.955. The number of carbonyl (C=O) groups is 1. The lowest BCUT2D eigenvalue weighted by atomic mass is 9.95. The lowest BCUT2D eigenvalue weighted by Crippen LogP contribution is -2.58. The minimum atomic E-state index is -1.13. The van der Waals surface area contributed by atoms with Crippen LogP contribution in [0.1, 0.15) is 20.1 Å². The number of thioether (sulfide) groups is 1. The van der Waals surface area contributed by atoms with Crippen LogP contribution in [0.2, 0.25) is 0 Å². The number of aromatic amines is 1. The summed E-state index contributed by atoms with van der Waals surface area (Å²) < 4.78 is 7.64. The van der Waals surface area contributed by atoms with Gasteiger partial charge in [0.25, 0.3) is 11.5 Å². The summed E-state index contributed by atoms with van der Waals surface area (Å²) >= 11 is 1.64. The number of pyridine rings is 1. The van der Waals surface area contributed by atoms with Gasteiger partial charge in [0.15, 0.2) is 23.4 Å². The topological polar surface area (TPSA) is 238 Å². The number of hydrazine groups is 1. The maximum absolute atomic E-state index is 13.2. The highest BCUT2D eigenvalue weighted by atomic mass is 32.2. The number of amides is 1. The van der Waals surface area contributed by atoms with Gasteiger partial charge in [0, 0.05) is 50.4 Å². The van der Waals surface area contributed by atoms with E-state index in [-0.39, 0.29) is 23.2 Å². The van der Waals surface area contributed by atoms with Gasteiger partial charge in [-0.3, -0.25) is 29.5 Å². The van der Waals surface area contributed by atoms with E-state index in [1.807, 2.05) is 5.01 Å². The second-order valence-corrected chi connectivity index (χ2v) is 12.6. The van der Waals surface area contributed by atoms with Crippen molar-refractivity contribution in [3.05, 3.63) is 28.9 Å². The molecule has 0 aromatic carbocycles. The number of aromatic nitrogens is 5. The molecule has 9 N–H and O–H groups in total. The number of nitrogens with zero attached hydrogens (tertiary/aromatic N) is 7. The summed E-state index contributed by atoms with van der Waals surface area (Å²) in [6.07, 6.45) is -0.464. The van der Waals surface area contributed by atoms with Gasteiger partial charge in [-0.05, 0) is 19.9 Å². The van der Waals surface area contributed by atoms with Gasteiger partial charge in [0.2, 0.25) is 5.95 Å². The number of nitrogens with two attached hydrogens (primary N) is 2. The molecule has 236 valence electrons. The lowest BCUT2D eigenvalue weighted by molar-refractivity contribution is -0.120. The van der Waals surface area contributed by atoms with Crippen molar-refractivity contribution in [1.82, 2.24) is 39.8 Å². The number of H-pyrrole nitrogens is 1. The van der Waals surface area contributed by atoms with Crippen LogP contribution in [-0.2, 0) is 9.53 Å². The number of carbonyl (C=O) groups excluding carboxylic acids is 1. The van der Waals surface area contributed by atoms with E-state index in [1.54, 1.807) is 42.4 Å². The third-order valence-corrected chi connectivity index (χ3v) is 8.98. The van der Waals surface area contributed by atoms with E-state index in [9.17, 15) is 19.8 Å². The van der Waals surface area contributed by atoms with Gasteiger partial charge in [-0.15, -0.1) is 0 Å². The molecule has 0 aliphatic carbocycles. The molecular weight excluding hydrogens is 592 g/mol. The Morgan fingerprint density at radius 1 is 1.20 bits per heavy atom. The van der Waals surface area contributed by atoms with Crippen molar-refractivity contribution in [2.24, 2.45) is 4.99 Å². The monoisotopic (exact) mass is 628 g/mol. The van der Waals surface area contributed by atoms with Crippen molar-refractivity contribution in [2.75, 3.05) is 61.0 Å². The predicted molar refractivity (Wildman–Crippen MR) is 165 cm³/mol. The Bertz CT molecular complexity index is 1640. The van der Waals surface area contributed by atoms with Crippen LogP contribution in [0.5, 0.6) is 0 Å². The van der Waals surface area contributed by atoms with Gasteiger partial charge in [-0.1, -0.05) is 0 Å². The molecule has 0 saturated carbocycles. The zero-order valence-electron chi connectivity index (χ0n) is 24.3. The molecule has 18 heteroatoms. The summed E-state index contributed by atoms with van der Waals surface area (Å²) in [5.41, 5.74) is 14.8. The number of aliphatic imine (C=N–C) groups is 1. The van der Waals surface area contributed by atoms with E-state index >= 15 is 0 Å². The quantitative estimate of drug-likeness (QED) is 0.143. The number of fused-ring (bicyclic) bond motifs is 2. The van der Waals surface area contributed by atoms with Crippen molar-refractivity contribution in [2.45, 2.75) is 43.9 Å². The molecule has 6 heterocycles. The minimum absolute atomic E-state index is 0.0176. The van der Waals surface area contributed by atoms with Crippen LogP contribution in [0.4, 0.5) is 23.1 Å². The summed E-state index contributed by atoms with van der Waals surface area (Å²) in [6.45, 7) is 7.10. The first-order valence-electron chi connectivity index (χ1n) is 14.2. The van der Waals surface area contributed by atoms with Gasteiger partial charge in [0.05, 0.1) is 23.7 Å². The summed E-state index contributed by atoms with van der Waals surface area (Å²) in [5, 5.41) is 26.3. The zero-order valence-corrected chi connectivity index (χ0v) is 25.1. The summed E-state index contributed by atoms with van der Waals surface area (Å²) in [6, 6.07) is 1.65. The van der Waals surface area contributed by atoms with Gasteiger partial charge < -0.3 is 31.7 Å². The fourth-order valence-corrected chi connectivity index (χ4v) is 6.59. The number of piperazine rings is 1. The van der Waals surface area contributed by atoms with Crippen LogP contribution in [0.25, 0.3) is 11.2 Å². The number of hydrogen-bond acceptors (Lipinski definition) is 15. The first-order chi connectivity index (χ1) is 21.0. The van der Waals surface area contributed by atoms with Gasteiger partial charge in [0.1, 0.15) is 23.4 Å². The largest absolute Gasteiger partial charge is 0.397 e. The Morgan fingerprint density at radius 3 is 2.75 bits per heavy atom. The number of imidazole rings is 1. The van der Waals surface area contributed by atoms with E-state index in [0.29, 0.717) is 35.7 Å². The Morgan fingerprint density at radius 2 is 1.98 bits per heavy atom. The zero-order chi connectivity index (χ0) is 31.2. The predicted octanol–water partition coefficient (Wildman–Crippen LogP) is -1.34. The number of nitrogens with one attached hydrogen (secondary N) is 3. The second kappa shape index (κ2) is 11.9. The average Bonchev–Trinajstić information content (AvgIpc) is 3.52. The molecule has 0 bridgehead atoms. The number of hydrogen-bond donors (Lipinski definition) is 7. The highest BCUT2D eigenvalue weighted by Gasteiger charge is 2.44. The van der Waals surface area contributed by atoms with E-state index < -0.39 is 41.5 Å². The fraction of sp³-hybridized carbons (Fsp3) is 0.538. The highest BCUT2D eigenvalue weighted by Crippen LogP contribution is 2.34. The summed E-state index contributed by atoms with van der Waals surface area (Å²) in [4.78, 5) is 47.2. The number of aliphatic hydroxyl groups is 2. The highest BCUT2D eigenvalue weighted by molar-refractivity contribution is 7.99. The first kappa shape index (κ1) is 30.2. The molecule has 0 radical (unpaired) electrons. The SMILES string of the molecule is CC1(C)Nc2nc(N)[nH]c(=O)c2N=C1C(=O)NN1CCN(CCSC[C@H]2O[C@@H](n3cnc4c(N)ccnc43)[C@@H](O)C2O)CC1. The van der Waals surface area contributed by atoms with Crippen molar-refractivity contribution in [3.8, 4) is 0 Å². The Hall–Kier alpha value is -3.81. The lowest BCUT2D eigenvalue weighted by Gasteiger charge is -2.36. The van der Waals surface area contributed by atoms with Crippen molar-refractivity contribution < 1.29 is 19.7 Å². The number of nitrogen functional groups attached to an aromatic ring is 2. The molecule has 2 fully saturated rings. The third kappa shape index (κ3) is 5.83. The van der Waals surface area contributed by atoms with E-state index in [0.717, 1.165) is 25.4 Å². The molecule has 1 unspecified atom stereocenters. The minimum Gasteiger partial charge on any atom is -0.397 e. The Kier molecular flexibility index (Phi) is 8.20. The van der Waals surface area contributed by atoms with Crippen molar-refractivity contribution in [1.29, 1.82) is 0 Å². The summed E-state index contributed by atoms with van der Waals surface area (Å²) in [7, 11) is 0. The maximum atomic E-state index is 13.2. The molecular formula is C26H36N12O5S. The number of anilines is 3. The normalized spacial score (nSPS) is 25.4. The molecule has 3 aliphatic rings.